The number of allylic oxidation sites excluding steroid dienone is 3. The summed E-state index contributed by atoms with van der Waals surface area (Å²) >= 11 is 0. The van der Waals surface area contributed by atoms with Gasteiger partial charge in [-0.2, -0.15) is 0 Å². The molecule has 0 fully saturated rings. The largest absolute Gasteiger partial charge is 0.297 e. The Morgan fingerprint density at radius 2 is 2.08 bits per heavy atom. The van der Waals surface area contributed by atoms with Crippen LogP contribution in [-0.2, 0) is 0 Å². The summed E-state index contributed by atoms with van der Waals surface area (Å²) in [7, 11) is 1.79. The lowest BCUT2D eigenvalue weighted by Crippen LogP contribution is -1.82. The molecule has 0 atom stereocenters. The number of unbranched alkanes of at least 4 members (excludes halogenated alkanes) is 3. The molecule has 0 aromatic rings. The van der Waals surface area contributed by atoms with Gasteiger partial charge in [-0.25, -0.2) is 0 Å². The third-order valence-electron chi connectivity index (χ3n) is 2.02. The zero-order valence-electron chi connectivity index (χ0n) is 8.92. The molecule has 0 radical (unpaired) electrons. The monoisotopic (exact) mass is 179 g/mol. The molecule has 1 heteroatoms. The van der Waals surface area contributed by atoms with E-state index in [4.69, 9.17) is 0 Å². The molecule has 0 aliphatic rings. The Bertz CT molecular complexity index is 178. The van der Waals surface area contributed by atoms with E-state index in [0.29, 0.717) is 0 Å². The van der Waals surface area contributed by atoms with E-state index < -0.39 is 0 Å². The predicted octanol–water partition coefficient (Wildman–Crippen LogP) is 3.77. The molecule has 0 N–H and O–H groups in total. The first-order chi connectivity index (χ1) is 6.35. The number of nitrogens with zero attached hydrogens (tertiary/aromatic N) is 1. The van der Waals surface area contributed by atoms with Gasteiger partial charge in [0.05, 0.1) is 0 Å². The molecular formula is C12H21N. The molecule has 0 aromatic heterocycles. The van der Waals surface area contributed by atoms with E-state index in [2.05, 4.69) is 18.5 Å². The Kier molecular flexibility index (Phi) is 8.64. The zero-order chi connectivity index (χ0) is 9.94. The van der Waals surface area contributed by atoms with E-state index in [9.17, 15) is 0 Å². The molecule has 0 saturated heterocycles. The first-order valence-electron chi connectivity index (χ1n) is 5.09. The van der Waals surface area contributed by atoms with Gasteiger partial charge in [0.25, 0.3) is 0 Å². The van der Waals surface area contributed by atoms with Crippen molar-refractivity contribution in [1.82, 2.24) is 0 Å². The van der Waals surface area contributed by atoms with Crippen LogP contribution in [0.1, 0.15) is 39.0 Å². The van der Waals surface area contributed by atoms with Crippen molar-refractivity contribution in [2.75, 3.05) is 7.05 Å². The molecule has 1 nitrogen and oxygen atoms in total. The molecule has 0 saturated carbocycles. The van der Waals surface area contributed by atoms with Crippen molar-refractivity contribution >= 4 is 6.21 Å². The highest BCUT2D eigenvalue weighted by atomic mass is 14.6. The molecule has 0 heterocycles. The maximum Gasteiger partial charge on any atom is 0.0277 e. The standard InChI is InChI=1S/C12H21N/c1-4-6-7-8-9-12(5-2)10-11-13-3/h5,10-11H,2,4,6-9H2,1,3H3/b12-10+,13-11-. The van der Waals surface area contributed by atoms with Crippen molar-refractivity contribution < 1.29 is 0 Å². The molecule has 0 bridgehead atoms. The van der Waals surface area contributed by atoms with Gasteiger partial charge in [-0.05, 0) is 24.5 Å². The molecule has 0 unspecified atom stereocenters. The highest BCUT2D eigenvalue weighted by Gasteiger charge is 1.91. The van der Waals surface area contributed by atoms with Crippen molar-refractivity contribution in [1.29, 1.82) is 0 Å². The summed E-state index contributed by atoms with van der Waals surface area (Å²) in [5, 5.41) is 0. The highest BCUT2D eigenvalue weighted by molar-refractivity contribution is 5.72. The Hall–Kier alpha value is -0.850. The van der Waals surface area contributed by atoms with Crippen LogP contribution in [0.15, 0.2) is 29.3 Å². The first kappa shape index (κ1) is 12.2. The Morgan fingerprint density at radius 3 is 2.62 bits per heavy atom. The fourth-order valence-electron chi connectivity index (χ4n) is 1.18. The Labute approximate surface area is 82.3 Å². The van der Waals surface area contributed by atoms with Crippen LogP contribution in [0.25, 0.3) is 0 Å². The molecule has 0 aliphatic heterocycles. The number of aliphatic imine (C=N–C) groups is 1. The molecule has 74 valence electrons. The second-order valence-electron chi connectivity index (χ2n) is 3.16. The van der Waals surface area contributed by atoms with Gasteiger partial charge < -0.3 is 0 Å². The van der Waals surface area contributed by atoms with Crippen LogP contribution < -0.4 is 0 Å². The fourth-order valence-corrected chi connectivity index (χ4v) is 1.18. The average molecular weight is 179 g/mol. The second-order valence-corrected chi connectivity index (χ2v) is 3.16. The topological polar surface area (TPSA) is 12.4 Å². The van der Waals surface area contributed by atoms with E-state index >= 15 is 0 Å². The third-order valence-corrected chi connectivity index (χ3v) is 2.02. The van der Waals surface area contributed by atoms with E-state index in [-0.39, 0.29) is 0 Å². The van der Waals surface area contributed by atoms with E-state index in [1.165, 1.54) is 31.3 Å². The van der Waals surface area contributed by atoms with Crippen LogP contribution in [0.3, 0.4) is 0 Å². The summed E-state index contributed by atoms with van der Waals surface area (Å²) in [6.07, 6.45) is 12.2. The number of hydrogen-bond acceptors (Lipinski definition) is 1. The number of hydrogen-bond donors (Lipinski definition) is 0. The molecular weight excluding hydrogens is 158 g/mol. The van der Waals surface area contributed by atoms with Crippen LogP contribution in [0, 0.1) is 0 Å². The average Bonchev–Trinajstić information content (AvgIpc) is 2.17. The third kappa shape index (κ3) is 7.51. The lowest BCUT2D eigenvalue weighted by Gasteiger charge is -1.99. The SMILES string of the molecule is C=C/C(=C\C=N/C)CCCCCC. The van der Waals surface area contributed by atoms with Crippen LogP contribution in [-0.4, -0.2) is 13.3 Å². The van der Waals surface area contributed by atoms with E-state index in [1.807, 2.05) is 18.4 Å². The van der Waals surface area contributed by atoms with E-state index in [0.717, 1.165) is 6.42 Å². The summed E-state index contributed by atoms with van der Waals surface area (Å²) in [4.78, 5) is 3.92. The fraction of sp³-hybridized carbons (Fsp3) is 0.583. The van der Waals surface area contributed by atoms with Gasteiger partial charge in [0.2, 0.25) is 0 Å². The Morgan fingerprint density at radius 1 is 1.31 bits per heavy atom. The molecule has 0 aromatic carbocycles. The Balaban J connectivity index is 3.65. The van der Waals surface area contributed by atoms with Gasteiger partial charge in [-0.15, -0.1) is 0 Å². The molecule has 13 heavy (non-hydrogen) atoms. The minimum absolute atomic E-state index is 1.13. The first-order valence-corrected chi connectivity index (χ1v) is 5.09. The van der Waals surface area contributed by atoms with Gasteiger partial charge in [0.1, 0.15) is 0 Å². The maximum absolute atomic E-state index is 3.92. The summed E-state index contributed by atoms with van der Waals surface area (Å²) in [5.41, 5.74) is 1.29. The summed E-state index contributed by atoms with van der Waals surface area (Å²) in [6, 6.07) is 0. The maximum atomic E-state index is 3.92. The second kappa shape index (κ2) is 9.24. The van der Waals surface area contributed by atoms with Crippen molar-refractivity contribution in [3.63, 3.8) is 0 Å². The summed E-state index contributed by atoms with van der Waals surface area (Å²) < 4.78 is 0. The van der Waals surface area contributed by atoms with Gasteiger partial charge in [0.15, 0.2) is 0 Å². The minimum atomic E-state index is 1.13. The van der Waals surface area contributed by atoms with E-state index in [1.54, 1.807) is 7.05 Å². The van der Waals surface area contributed by atoms with Gasteiger partial charge in [-0.1, -0.05) is 38.8 Å². The molecule has 0 spiro atoms. The minimum Gasteiger partial charge on any atom is -0.297 e. The van der Waals surface area contributed by atoms with Crippen LogP contribution in [0.4, 0.5) is 0 Å². The highest BCUT2D eigenvalue weighted by Crippen LogP contribution is 2.10. The normalized spacial score (nSPS) is 12.3. The van der Waals surface area contributed by atoms with Crippen molar-refractivity contribution in [3.05, 3.63) is 24.3 Å². The molecule has 0 aliphatic carbocycles. The van der Waals surface area contributed by atoms with Crippen LogP contribution in [0.2, 0.25) is 0 Å². The number of rotatable bonds is 7. The van der Waals surface area contributed by atoms with Crippen LogP contribution in [0.5, 0.6) is 0 Å². The van der Waals surface area contributed by atoms with Crippen molar-refractivity contribution in [3.8, 4) is 0 Å². The molecule has 0 amide bonds. The lowest BCUT2D eigenvalue weighted by atomic mass is 10.1. The van der Waals surface area contributed by atoms with Gasteiger partial charge >= 0.3 is 0 Å². The lowest BCUT2D eigenvalue weighted by molar-refractivity contribution is 0.668. The van der Waals surface area contributed by atoms with Gasteiger partial charge in [0, 0.05) is 13.3 Å². The summed E-state index contributed by atoms with van der Waals surface area (Å²) in [6.45, 7) is 6.01. The van der Waals surface area contributed by atoms with Crippen LogP contribution >= 0.6 is 0 Å². The zero-order valence-corrected chi connectivity index (χ0v) is 8.92. The summed E-state index contributed by atoms with van der Waals surface area (Å²) in [5.74, 6) is 0. The molecule has 0 rings (SSSR count). The van der Waals surface area contributed by atoms with Gasteiger partial charge in [-0.3, -0.25) is 4.99 Å². The predicted molar refractivity (Wildman–Crippen MR) is 61.5 cm³/mol. The van der Waals surface area contributed by atoms with Crippen molar-refractivity contribution in [2.24, 2.45) is 4.99 Å². The smallest absolute Gasteiger partial charge is 0.0277 e. The quantitative estimate of drug-likeness (QED) is 0.320. The van der Waals surface area contributed by atoms with Crippen molar-refractivity contribution in [2.45, 2.75) is 39.0 Å².